The largest absolute Gasteiger partial charge is 0.280 e. The van der Waals surface area contributed by atoms with Gasteiger partial charge in [-0.05, 0) is 79.6 Å². The van der Waals surface area contributed by atoms with E-state index in [1.165, 1.54) is 34.6 Å². The molecule has 2 atom stereocenters. The van der Waals surface area contributed by atoms with E-state index in [4.69, 9.17) is 11.6 Å². The molecule has 1 N–H and O–H groups in total. The van der Waals surface area contributed by atoms with Crippen LogP contribution < -0.4 is 4.72 Å². The van der Waals surface area contributed by atoms with Crippen molar-refractivity contribution in [3.63, 3.8) is 0 Å². The van der Waals surface area contributed by atoms with Crippen molar-refractivity contribution >= 4 is 37.3 Å². The van der Waals surface area contributed by atoms with Crippen LogP contribution >= 0.6 is 11.6 Å². The zero-order valence-corrected chi connectivity index (χ0v) is 19.9. The summed E-state index contributed by atoms with van der Waals surface area (Å²) >= 11 is 6.06. The Morgan fingerprint density at radius 2 is 1.50 bits per heavy atom. The highest BCUT2D eigenvalue weighted by molar-refractivity contribution is 7.92. The molecule has 0 radical (unpaired) electrons. The molecule has 1 heterocycles. The predicted octanol–water partition coefficient (Wildman–Crippen LogP) is 4.42. The molecule has 6 nitrogen and oxygen atoms in total. The van der Waals surface area contributed by atoms with Crippen molar-refractivity contribution < 1.29 is 16.8 Å². The van der Waals surface area contributed by atoms with Crippen LogP contribution in [-0.4, -0.2) is 34.2 Å². The smallest absolute Gasteiger partial charge is 0.262 e. The van der Waals surface area contributed by atoms with Gasteiger partial charge in [-0.3, -0.25) is 4.72 Å². The summed E-state index contributed by atoms with van der Waals surface area (Å²) in [5.41, 5.74) is 1.49. The van der Waals surface area contributed by atoms with Gasteiger partial charge >= 0.3 is 0 Å². The third-order valence-electron chi connectivity index (χ3n) is 5.33. The van der Waals surface area contributed by atoms with Gasteiger partial charge in [0, 0.05) is 23.8 Å². The van der Waals surface area contributed by atoms with Gasteiger partial charge in [0.25, 0.3) is 10.0 Å². The van der Waals surface area contributed by atoms with Crippen LogP contribution in [0.15, 0.2) is 46.2 Å². The lowest BCUT2D eigenvalue weighted by molar-refractivity contribution is 0.222. The Kier molecular flexibility index (Phi) is 6.53. The fourth-order valence-corrected chi connectivity index (χ4v) is 7.17. The lowest BCUT2D eigenvalue weighted by Crippen LogP contribution is -2.42. The minimum atomic E-state index is -3.84. The summed E-state index contributed by atoms with van der Waals surface area (Å²) in [5, 5.41) is 0.502. The number of benzene rings is 2. The molecule has 0 spiro atoms. The van der Waals surface area contributed by atoms with E-state index in [-0.39, 0.29) is 9.79 Å². The first-order valence-electron chi connectivity index (χ1n) is 9.80. The number of sulfonamides is 2. The van der Waals surface area contributed by atoms with Gasteiger partial charge in [0.1, 0.15) is 0 Å². The first kappa shape index (κ1) is 23.1. The number of anilines is 1. The number of nitrogens with one attached hydrogen (secondary N) is 1. The van der Waals surface area contributed by atoms with Gasteiger partial charge in [-0.15, -0.1) is 0 Å². The van der Waals surface area contributed by atoms with Gasteiger partial charge in [0.05, 0.1) is 9.79 Å². The van der Waals surface area contributed by atoms with E-state index >= 15 is 0 Å². The maximum absolute atomic E-state index is 13.0. The van der Waals surface area contributed by atoms with Crippen LogP contribution in [0.3, 0.4) is 0 Å². The SMILES string of the molecule is Cc1cc(S(=O)(=O)Nc2ccc(S(=O)(=O)N3C[C@@H](C)C[C@H](C)C3)cc2)c(C)cc1Cl. The normalized spacial score (nSPS) is 20.8. The Morgan fingerprint density at radius 1 is 0.933 bits per heavy atom. The number of halogens is 1. The summed E-state index contributed by atoms with van der Waals surface area (Å²) in [6.07, 6.45) is 1.01. The zero-order chi connectivity index (χ0) is 22.3. The molecule has 1 aliphatic rings. The molecule has 2 aromatic rings. The zero-order valence-electron chi connectivity index (χ0n) is 17.5. The molecular weight excluding hydrogens is 444 g/mol. The molecule has 0 aromatic heterocycles. The summed E-state index contributed by atoms with van der Waals surface area (Å²) < 4.78 is 55.6. The summed E-state index contributed by atoms with van der Waals surface area (Å²) in [5.74, 6) is 0.612. The molecule has 164 valence electrons. The number of hydrogen-bond acceptors (Lipinski definition) is 4. The molecule has 30 heavy (non-hydrogen) atoms. The van der Waals surface area contributed by atoms with Crippen molar-refractivity contribution in [1.82, 2.24) is 4.31 Å². The van der Waals surface area contributed by atoms with Crippen LogP contribution in [-0.2, 0) is 20.0 Å². The predicted molar refractivity (Wildman–Crippen MR) is 120 cm³/mol. The number of piperidine rings is 1. The van der Waals surface area contributed by atoms with Gasteiger partial charge in [0.2, 0.25) is 10.0 Å². The highest BCUT2D eigenvalue weighted by Crippen LogP contribution is 2.29. The van der Waals surface area contributed by atoms with Crippen LogP contribution in [0.2, 0.25) is 5.02 Å². The topological polar surface area (TPSA) is 83.5 Å². The first-order valence-corrected chi connectivity index (χ1v) is 13.1. The van der Waals surface area contributed by atoms with Crippen molar-refractivity contribution in [3.8, 4) is 0 Å². The fraction of sp³-hybridized carbons (Fsp3) is 0.429. The van der Waals surface area contributed by atoms with Gasteiger partial charge in [-0.2, -0.15) is 4.31 Å². The number of aryl methyl sites for hydroxylation is 2. The second-order valence-corrected chi connectivity index (χ2v) is 12.3. The van der Waals surface area contributed by atoms with Crippen LogP contribution in [0.5, 0.6) is 0 Å². The van der Waals surface area contributed by atoms with Gasteiger partial charge in [0.15, 0.2) is 0 Å². The number of rotatable bonds is 5. The van der Waals surface area contributed by atoms with E-state index in [1.54, 1.807) is 19.9 Å². The second-order valence-electron chi connectivity index (χ2n) is 8.26. The molecule has 2 aromatic carbocycles. The van der Waals surface area contributed by atoms with E-state index in [1.807, 2.05) is 0 Å². The Labute approximate surface area is 184 Å². The van der Waals surface area contributed by atoms with E-state index < -0.39 is 20.0 Å². The Morgan fingerprint density at radius 3 is 2.07 bits per heavy atom. The van der Waals surface area contributed by atoms with Crippen LogP contribution in [0, 0.1) is 25.7 Å². The maximum Gasteiger partial charge on any atom is 0.262 e. The van der Waals surface area contributed by atoms with E-state index in [2.05, 4.69) is 18.6 Å². The van der Waals surface area contributed by atoms with Gasteiger partial charge < -0.3 is 0 Å². The standard InChI is InChI=1S/C21H27ClN2O4S2/c1-14-9-15(2)13-24(12-14)30(27,28)19-7-5-18(6-8-19)23-29(25,26)21-11-16(3)20(22)10-17(21)4/h5-8,10-11,14-15,23H,9,12-13H2,1-4H3/t14-,15-/m0/s1. The third-order valence-corrected chi connectivity index (χ3v) is 9.10. The molecule has 1 saturated heterocycles. The molecule has 0 aliphatic carbocycles. The summed E-state index contributed by atoms with van der Waals surface area (Å²) in [4.78, 5) is 0.294. The lowest BCUT2D eigenvalue weighted by Gasteiger charge is -2.34. The summed E-state index contributed by atoms with van der Waals surface area (Å²) in [7, 11) is -7.45. The monoisotopic (exact) mass is 470 g/mol. The van der Waals surface area contributed by atoms with Crippen LogP contribution in [0.25, 0.3) is 0 Å². The molecule has 0 unspecified atom stereocenters. The fourth-order valence-electron chi connectivity index (χ4n) is 3.90. The van der Waals surface area contributed by atoms with Crippen molar-refractivity contribution in [2.75, 3.05) is 17.8 Å². The second kappa shape index (κ2) is 8.49. The maximum atomic E-state index is 13.0. The van der Waals surface area contributed by atoms with Crippen molar-refractivity contribution in [3.05, 3.63) is 52.5 Å². The van der Waals surface area contributed by atoms with E-state index in [0.717, 1.165) is 6.42 Å². The molecule has 0 bridgehead atoms. The van der Waals surface area contributed by atoms with E-state index in [9.17, 15) is 16.8 Å². The minimum Gasteiger partial charge on any atom is -0.280 e. The average Bonchev–Trinajstić information content (AvgIpc) is 2.64. The molecule has 0 amide bonds. The molecule has 9 heteroatoms. The molecular formula is C21H27ClN2O4S2. The molecule has 0 saturated carbocycles. The molecule has 1 fully saturated rings. The van der Waals surface area contributed by atoms with Crippen molar-refractivity contribution in [1.29, 1.82) is 0 Å². The number of nitrogens with zero attached hydrogens (tertiary/aromatic N) is 1. The average molecular weight is 471 g/mol. The highest BCUT2D eigenvalue weighted by Gasteiger charge is 2.31. The lowest BCUT2D eigenvalue weighted by atomic mass is 9.94. The Bertz CT molecular complexity index is 1140. The molecule has 3 rings (SSSR count). The molecule has 1 aliphatic heterocycles. The van der Waals surface area contributed by atoms with Crippen molar-refractivity contribution in [2.45, 2.75) is 43.9 Å². The summed E-state index contributed by atoms with van der Waals surface area (Å²) in [6, 6.07) is 8.96. The quantitative estimate of drug-likeness (QED) is 0.700. The van der Waals surface area contributed by atoms with Crippen LogP contribution in [0.1, 0.15) is 31.4 Å². The van der Waals surface area contributed by atoms with E-state index in [0.29, 0.717) is 46.8 Å². The Balaban J connectivity index is 1.83. The van der Waals surface area contributed by atoms with Crippen LogP contribution in [0.4, 0.5) is 5.69 Å². The van der Waals surface area contributed by atoms with Gasteiger partial charge in [-0.1, -0.05) is 25.4 Å². The van der Waals surface area contributed by atoms with Crippen molar-refractivity contribution in [2.24, 2.45) is 11.8 Å². The summed E-state index contributed by atoms with van der Waals surface area (Å²) in [6.45, 7) is 8.51. The first-order chi connectivity index (χ1) is 13.9. The highest BCUT2D eigenvalue weighted by atomic mass is 35.5. The van der Waals surface area contributed by atoms with Gasteiger partial charge in [-0.25, -0.2) is 16.8 Å². The third kappa shape index (κ3) is 4.82. The minimum absolute atomic E-state index is 0.136. The Hall–Kier alpha value is -1.61. The number of hydrogen-bond donors (Lipinski definition) is 1.